The van der Waals surface area contributed by atoms with E-state index in [9.17, 15) is 9.90 Å². The Morgan fingerprint density at radius 1 is 0.854 bits per heavy atom. The predicted octanol–water partition coefficient (Wildman–Crippen LogP) is 13.6. The van der Waals surface area contributed by atoms with E-state index in [1.54, 1.807) is 0 Å². The number of pyridine rings is 1. The summed E-state index contributed by atoms with van der Waals surface area (Å²) in [5.41, 5.74) is 2.98. The maximum atomic E-state index is 12.2. The number of ketones is 1. The van der Waals surface area contributed by atoms with Gasteiger partial charge in [-0.05, 0) is 77.1 Å². The number of aliphatic hydroxyl groups excluding tert-OH is 1. The molecule has 0 aliphatic carbocycles. The number of allylic oxidation sites excluding steroid dienone is 2. The van der Waals surface area contributed by atoms with Crippen LogP contribution < -0.4 is 0 Å². The summed E-state index contributed by atoms with van der Waals surface area (Å²) in [6.07, 6.45) is 6.70. The number of thiophene rings is 3. The molecule has 0 saturated heterocycles. The smallest absolute Gasteiger partial charge is 0.164 e. The van der Waals surface area contributed by atoms with E-state index in [0.717, 1.165) is 36.9 Å². The van der Waals surface area contributed by atoms with Crippen LogP contribution >= 0.6 is 34.0 Å². The number of benzene rings is 2. The van der Waals surface area contributed by atoms with Gasteiger partial charge in [-0.25, -0.2) is 0 Å². The molecule has 1 N–H and O–H groups in total. The van der Waals surface area contributed by atoms with Gasteiger partial charge in [0.1, 0.15) is 5.76 Å². The molecule has 0 atom stereocenters. The molecule has 0 aliphatic rings. The molecule has 4 aromatic heterocycles. The van der Waals surface area contributed by atoms with Crippen molar-refractivity contribution in [2.75, 3.05) is 0 Å². The first-order chi connectivity index (χ1) is 22.2. The van der Waals surface area contributed by atoms with Crippen molar-refractivity contribution in [1.82, 2.24) is 4.98 Å². The first kappa shape index (κ1) is 38.4. The molecule has 0 unspecified atom stereocenters. The molecule has 3 nitrogen and oxygen atoms in total. The van der Waals surface area contributed by atoms with Crippen LogP contribution in [0.4, 0.5) is 0 Å². The van der Waals surface area contributed by atoms with Crippen molar-refractivity contribution in [3.8, 4) is 11.3 Å². The van der Waals surface area contributed by atoms with Crippen LogP contribution in [-0.2, 0) is 30.3 Å². The summed E-state index contributed by atoms with van der Waals surface area (Å²) in [6, 6.07) is 17.2. The van der Waals surface area contributed by atoms with Crippen LogP contribution in [0.25, 0.3) is 51.6 Å². The Labute approximate surface area is 311 Å². The Balaban J connectivity index is 0.000000251. The van der Waals surface area contributed by atoms with E-state index in [4.69, 9.17) is 4.98 Å². The van der Waals surface area contributed by atoms with E-state index in [-0.39, 0.29) is 47.9 Å². The van der Waals surface area contributed by atoms with Gasteiger partial charge in [0.15, 0.2) is 5.78 Å². The Morgan fingerprint density at radius 2 is 1.52 bits per heavy atom. The molecule has 0 spiro atoms. The summed E-state index contributed by atoms with van der Waals surface area (Å²) in [6.45, 7) is 21.1. The molecule has 0 aliphatic heterocycles. The largest absolute Gasteiger partial charge is 0.512 e. The van der Waals surface area contributed by atoms with Gasteiger partial charge in [-0.3, -0.25) is 9.78 Å². The van der Waals surface area contributed by atoms with Gasteiger partial charge in [-0.2, -0.15) is 11.3 Å². The van der Waals surface area contributed by atoms with Gasteiger partial charge in [-0.15, -0.1) is 46.3 Å². The van der Waals surface area contributed by atoms with Gasteiger partial charge in [0.2, 0.25) is 0 Å². The van der Waals surface area contributed by atoms with Gasteiger partial charge in [-0.1, -0.05) is 79.5 Å². The topological polar surface area (TPSA) is 50.2 Å². The van der Waals surface area contributed by atoms with E-state index in [2.05, 4.69) is 75.5 Å². The zero-order chi connectivity index (χ0) is 34.3. The second kappa shape index (κ2) is 14.8. The third-order valence-corrected chi connectivity index (χ3v) is 13.5. The predicted molar refractivity (Wildman–Crippen MR) is 209 cm³/mol. The van der Waals surface area contributed by atoms with E-state index < -0.39 is 0 Å². The number of aliphatic hydroxyl groups is 1. The monoisotopic (exact) mass is 875 g/mol. The third-order valence-electron chi connectivity index (χ3n) is 10.3. The fraction of sp³-hybridized carbons (Fsp3) is 0.415. The Hall–Kier alpha value is -2.41. The van der Waals surface area contributed by atoms with Crippen molar-refractivity contribution < 1.29 is 30.0 Å². The Kier molecular flexibility index (Phi) is 11.9. The van der Waals surface area contributed by atoms with Crippen molar-refractivity contribution in [2.24, 2.45) is 10.8 Å². The molecule has 2 aromatic carbocycles. The SMILES string of the molecule is CCC(C)(CC)C(=O)/C=C(\O)C(C)(CC)CC.Cc1cc2c(ccc3c2sc2ccnc(-c4[c-]c5ccsc5c(C(C)(C)C)c4)c23)s1.[Ir]. The normalized spacial score (nSPS) is 12.8. The fourth-order valence-corrected chi connectivity index (χ4v) is 9.29. The van der Waals surface area contributed by atoms with Crippen molar-refractivity contribution in [3.63, 3.8) is 0 Å². The minimum Gasteiger partial charge on any atom is -0.512 e. The van der Waals surface area contributed by atoms with Crippen molar-refractivity contribution >= 4 is 80.1 Å². The second-order valence-corrected chi connectivity index (χ2v) is 17.5. The van der Waals surface area contributed by atoms with Crippen molar-refractivity contribution in [2.45, 2.75) is 100 Å². The maximum Gasteiger partial charge on any atom is 0.164 e. The molecular weight excluding hydrogens is 827 g/mol. The minimum absolute atomic E-state index is 0. The molecule has 257 valence electrons. The number of fused-ring (bicyclic) bond motifs is 6. The van der Waals surface area contributed by atoms with Gasteiger partial charge < -0.3 is 5.11 Å². The second-order valence-electron chi connectivity index (χ2n) is 14.3. The van der Waals surface area contributed by atoms with Crippen LogP contribution in [0.5, 0.6) is 0 Å². The standard InChI is InChI=1S/C26H20NS3.C15H28O2.Ir/c1-14-11-18-20(29-14)6-5-17-22-21(30-25(17)18)7-9-27-23(22)16-12-15-8-10-28-24(15)19(13-16)26(2,3)4;1-7-14(5,8-2)12(16)11-13(17)15(6,9-3)10-4;/h5-11,13H,1-4H3;11,16H,7-10H2,1-6H3;/q-1;;/b;12-11-;. The Bertz CT molecular complexity index is 2100. The first-order valence-electron chi connectivity index (χ1n) is 16.8. The summed E-state index contributed by atoms with van der Waals surface area (Å²) in [5, 5.41) is 17.4. The Morgan fingerprint density at radius 3 is 2.15 bits per heavy atom. The summed E-state index contributed by atoms with van der Waals surface area (Å²) < 4.78 is 5.36. The van der Waals surface area contributed by atoms with Crippen LogP contribution in [-0.4, -0.2) is 15.9 Å². The van der Waals surface area contributed by atoms with Crippen LogP contribution in [0, 0.1) is 23.8 Å². The van der Waals surface area contributed by atoms with E-state index in [0.29, 0.717) is 0 Å². The minimum atomic E-state index is -0.337. The average Bonchev–Trinajstić information content (AvgIpc) is 3.79. The van der Waals surface area contributed by atoms with Crippen molar-refractivity contribution in [1.29, 1.82) is 0 Å². The quantitative estimate of drug-likeness (QED) is 0.0941. The number of rotatable bonds is 8. The summed E-state index contributed by atoms with van der Waals surface area (Å²) >= 11 is 5.56. The van der Waals surface area contributed by atoms with E-state index in [1.807, 2.05) is 81.7 Å². The van der Waals surface area contributed by atoms with Crippen LogP contribution in [0.15, 0.2) is 59.8 Å². The zero-order valence-electron chi connectivity index (χ0n) is 29.9. The summed E-state index contributed by atoms with van der Waals surface area (Å²) in [4.78, 5) is 18.4. The molecule has 4 heterocycles. The summed E-state index contributed by atoms with van der Waals surface area (Å²) in [5.74, 6) is 0.286. The van der Waals surface area contributed by atoms with Crippen molar-refractivity contribution in [3.05, 3.63) is 76.3 Å². The molecular formula is C41H48IrNO2S3-. The summed E-state index contributed by atoms with van der Waals surface area (Å²) in [7, 11) is 0. The van der Waals surface area contributed by atoms with Gasteiger partial charge in [0.05, 0.1) is 0 Å². The van der Waals surface area contributed by atoms with Gasteiger partial charge in [0, 0.05) is 73.3 Å². The number of hydrogen-bond acceptors (Lipinski definition) is 6. The van der Waals surface area contributed by atoms with Crippen LogP contribution in [0.1, 0.15) is 98.4 Å². The van der Waals surface area contributed by atoms with E-state index >= 15 is 0 Å². The first-order valence-corrected chi connectivity index (χ1v) is 19.3. The molecule has 0 saturated carbocycles. The molecule has 7 heteroatoms. The molecule has 48 heavy (non-hydrogen) atoms. The zero-order valence-corrected chi connectivity index (χ0v) is 34.7. The van der Waals surface area contributed by atoms with Crippen LogP contribution in [0.2, 0.25) is 0 Å². The van der Waals surface area contributed by atoms with Crippen LogP contribution in [0.3, 0.4) is 0 Å². The molecule has 6 aromatic rings. The molecule has 0 bridgehead atoms. The maximum absolute atomic E-state index is 12.2. The number of hydrogen-bond donors (Lipinski definition) is 1. The van der Waals surface area contributed by atoms with E-state index in [1.165, 1.54) is 56.9 Å². The number of carbonyl (C=O) groups is 1. The number of aryl methyl sites for hydroxylation is 1. The fourth-order valence-electron chi connectivity index (χ4n) is 6.00. The molecule has 1 radical (unpaired) electrons. The molecule has 0 amide bonds. The van der Waals surface area contributed by atoms with Gasteiger partial charge >= 0.3 is 0 Å². The average molecular weight is 875 g/mol. The third kappa shape index (κ3) is 7.23. The number of carbonyl (C=O) groups excluding carboxylic acids is 1. The van der Waals surface area contributed by atoms with Gasteiger partial charge in [0.25, 0.3) is 0 Å². The number of nitrogens with zero attached hydrogens (tertiary/aromatic N) is 1. The molecule has 6 rings (SSSR count). The number of aromatic nitrogens is 1. The molecule has 0 fully saturated rings.